The Bertz CT molecular complexity index is 1100. The number of hydrogen-bond donors (Lipinski definition) is 2. The molecule has 1 saturated heterocycles. The fraction of sp³-hybridized carbons (Fsp3) is 0.464. The van der Waals surface area contributed by atoms with Crippen LogP contribution in [-0.4, -0.2) is 66.3 Å². The van der Waals surface area contributed by atoms with Gasteiger partial charge in [0, 0.05) is 41.9 Å². The lowest BCUT2D eigenvalue weighted by atomic mass is 9.81. The number of hydrogen-bond acceptors (Lipinski definition) is 7. The van der Waals surface area contributed by atoms with Crippen LogP contribution >= 0.6 is 11.8 Å². The molecule has 0 bridgehead atoms. The van der Waals surface area contributed by atoms with Crippen molar-refractivity contribution in [2.45, 2.75) is 30.3 Å². The molecular weight excluding hydrogens is 460 g/mol. The van der Waals surface area contributed by atoms with Crippen molar-refractivity contribution in [2.75, 3.05) is 46.2 Å². The average Bonchev–Trinajstić information content (AvgIpc) is 2.91. The van der Waals surface area contributed by atoms with Crippen molar-refractivity contribution in [1.29, 1.82) is 0 Å². The van der Waals surface area contributed by atoms with Gasteiger partial charge < -0.3 is 24.6 Å². The van der Waals surface area contributed by atoms with E-state index in [0.717, 1.165) is 66.2 Å². The highest BCUT2D eigenvalue weighted by Gasteiger charge is 2.29. The topological polar surface area (TPSA) is 75.1 Å². The number of aromatic nitrogens is 1. The van der Waals surface area contributed by atoms with Gasteiger partial charge in [-0.2, -0.15) is 0 Å². The van der Waals surface area contributed by atoms with Gasteiger partial charge in [-0.05, 0) is 85.7 Å². The lowest BCUT2D eigenvalue weighted by molar-refractivity contribution is 0.0608. The number of nitrogens with zero attached hydrogens (tertiary/aromatic N) is 2. The predicted molar refractivity (Wildman–Crippen MR) is 141 cm³/mol. The van der Waals surface area contributed by atoms with Crippen LogP contribution in [0.5, 0.6) is 11.5 Å². The molecule has 1 fully saturated rings. The van der Waals surface area contributed by atoms with E-state index >= 15 is 0 Å². The molecule has 1 aliphatic rings. The fourth-order valence-corrected chi connectivity index (χ4v) is 5.98. The third kappa shape index (κ3) is 6.67. The quantitative estimate of drug-likeness (QED) is 0.370. The van der Waals surface area contributed by atoms with E-state index < -0.39 is 6.10 Å². The first-order valence-corrected chi connectivity index (χ1v) is 13.3. The van der Waals surface area contributed by atoms with Crippen LogP contribution in [0, 0.1) is 11.8 Å². The van der Waals surface area contributed by atoms with Crippen LogP contribution in [0.1, 0.15) is 30.9 Å². The molecule has 0 aliphatic carbocycles. The first-order valence-electron chi connectivity index (χ1n) is 12.3. The van der Waals surface area contributed by atoms with Crippen LogP contribution in [0.15, 0.2) is 59.6 Å². The highest BCUT2D eigenvalue weighted by Crippen LogP contribution is 2.33. The molecule has 0 amide bonds. The van der Waals surface area contributed by atoms with Gasteiger partial charge in [-0.1, -0.05) is 6.07 Å². The summed E-state index contributed by atoms with van der Waals surface area (Å²) >= 11 is 1.84. The van der Waals surface area contributed by atoms with Crippen molar-refractivity contribution >= 4 is 22.7 Å². The van der Waals surface area contributed by atoms with Crippen molar-refractivity contribution in [2.24, 2.45) is 11.8 Å². The third-order valence-corrected chi connectivity index (χ3v) is 8.05. The normalized spacial score (nSPS) is 19.5. The number of rotatable bonds is 11. The summed E-state index contributed by atoms with van der Waals surface area (Å²) in [4.78, 5) is 8.10. The van der Waals surface area contributed by atoms with E-state index in [-0.39, 0.29) is 12.5 Å². The molecule has 1 aromatic heterocycles. The van der Waals surface area contributed by atoms with Gasteiger partial charge in [0.05, 0.1) is 25.8 Å². The molecule has 3 aromatic rings. The number of thioether (sulfide) groups is 1. The Morgan fingerprint density at radius 1 is 1.09 bits per heavy atom. The summed E-state index contributed by atoms with van der Waals surface area (Å²) in [5.74, 6) is 3.31. The van der Waals surface area contributed by atoms with Crippen LogP contribution in [0.3, 0.4) is 0 Å². The second-order valence-electron chi connectivity index (χ2n) is 9.20. The van der Waals surface area contributed by atoms with Crippen molar-refractivity contribution in [3.05, 3.63) is 60.3 Å². The number of ether oxygens (including phenoxy) is 2. The van der Waals surface area contributed by atoms with Crippen molar-refractivity contribution in [3.63, 3.8) is 0 Å². The van der Waals surface area contributed by atoms with Crippen molar-refractivity contribution in [3.8, 4) is 11.5 Å². The Morgan fingerprint density at radius 3 is 2.71 bits per heavy atom. The van der Waals surface area contributed by atoms with Gasteiger partial charge >= 0.3 is 0 Å². The minimum absolute atomic E-state index is 0.190. The maximum atomic E-state index is 11.0. The van der Waals surface area contributed by atoms with Gasteiger partial charge in [0.15, 0.2) is 0 Å². The molecule has 0 spiro atoms. The molecule has 0 radical (unpaired) electrons. The monoisotopic (exact) mass is 496 g/mol. The van der Waals surface area contributed by atoms with Gasteiger partial charge in [-0.15, -0.1) is 11.8 Å². The average molecular weight is 497 g/mol. The third-order valence-electron chi connectivity index (χ3n) is 7.08. The largest absolute Gasteiger partial charge is 0.497 e. The summed E-state index contributed by atoms with van der Waals surface area (Å²) in [7, 11) is 3.34. The molecule has 3 atom stereocenters. The smallest absolute Gasteiger partial charge is 0.119 e. The highest BCUT2D eigenvalue weighted by atomic mass is 32.2. The van der Waals surface area contributed by atoms with E-state index in [0.29, 0.717) is 12.3 Å². The summed E-state index contributed by atoms with van der Waals surface area (Å²) in [5, 5.41) is 22.1. The van der Waals surface area contributed by atoms with E-state index in [1.807, 2.05) is 48.2 Å². The van der Waals surface area contributed by atoms with Crippen LogP contribution in [0.2, 0.25) is 0 Å². The second-order valence-corrected chi connectivity index (χ2v) is 10.4. The number of likely N-dealkylation sites (tertiary alicyclic amines) is 1. The molecule has 2 N–H and O–H groups in total. The fourth-order valence-electron chi connectivity index (χ4n) is 5.02. The van der Waals surface area contributed by atoms with Gasteiger partial charge in [0.1, 0.15) is 11.5 Å². The number of methoxy groups -OCH3 is 2. The van der Waals surface area contributed by atoms with Gasteiger partial charge in [-0.3, -0.25) is 4.98 Å². The Kier molecular flexibility index (Phi) is 9.26. The Labute approximate surface area is 212 Å². The molecule has 35 heavy (non-hydrogen) atoms. The molecule has 7 heteroatoms. The zero-order valence-electron chi connectivity index (χ0n) is 20.6. The lowest BCUT2D eigenvalue weighted by Crippen LogP contribution is -2.43. The standard InChI is InChI=1S/C28H36N2O4S/c1-33-22-4-3-5-24(16-22)35-15-14-30-13-11-20(21(18-30)19-31)6-9-28(32)25-10-12-29-27-8-7-23(34-2)17-26(25)27/h3-5,7-8,10,12,16-17,20-21,28,31-32H,6,9,11,13-15,18-19H2,1-2H3/t20-,21-,28-/m1/s1. The lowest BCUT2D eigenvalue weighted by Gasteiger charge is -2.38. The summed E-state index contributed by atoms with van der Waals surface area (Å²) in [6, 6.07) is 15.8. The zero-order valence-corrected chi connectivity index (χ0v) is 21.4. The number of piperidine rings is 1. The van der Waals surface area contributed by atoms with E-state index in [9.17, 15) is 10.2 Å². The first-order chi connectivity index (χ1) is 17.1. The van der Waals surface area contributed by atoms with E-state index in [1.54, 1.807) is 20.4 Å². The summed E-state index contributed by atoms with van der Waals surface area (Å²) in [5.41, 5.74) is 1.75. The highest BCUT2D eigenvalue weighted by molar-refractivity contribution is 7.99. The second kappa shape index (κ2) is 12.6. The summed E-state index contributed by atoms with van der Waals surface area (Å²) in [6.07, 6.45) is 3.80. The minimum Gasteiger partial charge on any atom is -0.497 e. The summed E-state index contributed by atoms with van der Waals surface area (Å²) in [6.45, 7) is 3.13. The molecule has 6 nitrogen and oxygen atoms in total. The van der Waals surface area contributed by atoms with E-state index in [1.165, 1.54) is 4.90 Å². The van der Waals surface area contributed by atoms with Crippen LogP contribution < -0.4 is 9.47 Å². The maximum Gasteiger partial charge on any atom is 0.119 e. The first kappa shape index (κ1) is 25.8. The molecule has 4 rings (SSSR count). The van der Waals surface area contributed by atoms with Gasteiger partial charge in [0.25, 0.3) is 0 Å². The zero-order chi connectivity index (χ0) is 24.6. The SMILES string of the molecule is COc1cccc(SCCN2CC[C@@H](CC[C@@H](O)c3ccnc4ccc(OC)cc34)[C@@H](CO)C2)c1. The molecule has 2 heterocycles. The van der Waals surface area contributed by atoms with Crippen LogP contribution in [0.4, 0.5) is 0 Å². The number of aliphatic hydroxyl groups is 2. The summed E-state index contributed by atoms with van der Waals surface area (Å²) < 4.78 is 10.7. The van der Waals surface area contributed by atoms with Crippen LogP contribution in [-0.2, 0) is 0 Å². The number of benzene rings is 2. The van der Waals surface area contributed by atoms with Gasteiger partial charge in [0.2, 0.25) is 0 Å². The molecule has 1 aliphatic heterocycles. The minimum atomic E-state index is -0.566. The molecule has 0 unspecified atom stereocenters. The predicted octanol–water partition coefficient (Wildman–Crippen LogP) is 4.79. The number of pyridine rings is 1. The number of aliphatic hydroxyl groups excluding tert-OH is 2. The maximum absolute atomic E-state index is 11.0. The van der Waals surface area contributed by atoms with Crippen molar-refractivity contribution < 1.29 is 19.7 Å². The van der Waals surface area contributed by atoms with Crippen LogP contribution in [0.25, 0.3) is 10.9 Å². The Balaban J connectivity index is 1.28. The Morgan fingerprint density at radius 2 is 1.91 bits per heavy atom. The Hall–Kier alpha value is -2.32. The molecule has 2 aromatic carbocycles. The molecule has 0 saturated carbocycles. The number of fused-ring (bicyclic) bond motifs is 1. The van der Waals surface area contributed by atoms with E-state index in [4.69, 9.17) is 9.47 Å². The van der Waals surface area contributed by atoms with Gasteiger partial charge in [-0.25, -0.2) is 0 Å². The van der Waals surface area contributed by atoms with E-state index in [2.05, 4.69) is 22.0 Å². The molecule has 188 valence electrons. The van der Waals surface area contributed by atoms with Crippen molar-refractivity contribution in [1.82, 2.24) is 9.88 Å². The molecular formula is C28H36N2O4S.